The summed E-state index contributed by atoms with van der Waals surface area (Å²) in [5, 5.41) is 18.7. The molecule has 0 unspecified atom stereocenters. The van der Waals surface area contributed by atoms with Crippen LogP contribution in [0.2, 0.25) is 0 Å². The van der Waals surface area contributed by atoms with Gasteiger partial charge in [0.25, 0.3) is 11.8 Å². The van der Waals surface area contributed by atoms with Crippen molar-refractivity contribution >= 4 is 30.1 Å². The standard InChI is InChI=1S/C15H12BNO4/c1-9-6-7-10(8-13(9)16(20)21)17-14(18)11-4-2-3-5-12(11)15(17)19/h2-8,20-21H,1H3. The van der Waals surface area contributed by atoms with Gasteiger partial charge >= 0.3 is 7.12 Å². The number of hydrogen-bond donors (Lipinski definition) is 2. The van der Waals surface area contributed by atoms with Crippen LogP contribution in [0.15, 0.2) is 42.5 Å². The monoisotopic (exact) mass is 281 g/mol. The third kappa shape index (κ3) is 2.05. The minimum Gasteiger partial charge on any atom is -0.423 e. The number of carbonyl (C=O) groups is 2. The molecule has 1 aliphatic rings. The highest BCUT2D eigenvalue weighted by molar-refractivity contribution is 6.59. The lowest BCUT2D eigenvalue weighted by atomic mass is 9.77. The van der Waals surface area contributed by atoms with Crippen molar-refractivity contribution in [1.82, 2.24) is 0 Å². The zero-order chi connectivity index (χ0) is 15.1. The summed E-state index contributed by atoms with van der Waals surface area (Å²) in [4.78, 5) is 25.8. The van der Waals surface area contributed by atoms with Crippen molar-refractivity contribution in [2.75, 3.05) is 4.90 Å². The second-order valence-corrected chi connectivity index (χ2v) is 4.91. The van der Waals surface area contributed by atoms with Gasteiger partial charge in [-0.3, -0.25) is 9.59 Å². The highest BCUT2D eigenvalue weighted by Gasteiger charge is 2.36. The molecule has 2 N–H and O–H groups in total. The van der Waals surface area contributed by atoms with E-state index in [4.69, 9.17) is 0 Å². The first-order valence-electron chi connectivity index (χ1n) is 6.45. The number of carbonyl (C=O) groups excluding carboxylic acids is 2. The molecular formula is C15H12BNO4. The number of hydrogen-bond acceptors (Lipinski definition) is 4. The lowest BCUT2D eigenvalue weighted by Gasteiger charge is -2.16. The van der Waals surface area contributed by atoms with E-state index in [1.165, 1.54) is 6.07 Å². The van der Waals surface area contributed by atoms with Crippen LogP contribution in [0, 0.1) is 6.92 Å². The van der Waals surface area contributed by atoms with E-state index < -0.39 is 18.9 Å². The van der Waals surface area contributed by atoms with Gasteiger partial charge in [0.2, 0.25) is 0 Å². The number of imide groups is 1. The summed E-state index contributed by atoms with van der Waals surface area (Å²) >= 11 is 0. The van der Waals surface area contributed by atoms with Gasteiger partial charge < -0.3 is 10.0 Å². The SMILES string of the molecule is Cc1ccc(N2C(=O)c3ccccc3C2=O)cc1B(O)O. The summed E-state index contributed by atoms with van der Waals surface area (Å²) in [5.74, 6) is -0.810. The first kappa shape index (κ1) is 13.5. The molecule has 1 aliphatic heterocycles. The maximum Gasteiger partial charge on any atom is 0.488 e. The Kier molecular flexibility index (Phi) is 3.12. The van der Waals surface area contributed by atoms with E-state index in [2.05, 4.69) is 0 Å². The third-order valence-electron chi connectivity index (χ3n) is 3.59. The van der Waals surface area contributed by atoms with E-state index in [9.17, 15) is 19.6 Å². The Balaban J connectivity index is 2.09. The van der Waals surface area contributed by atoms with Gasteiger partial charge in [-0.1, -0.05) is 23.8 Å². The molecule has 104 valence electrons. The van der Waals surface area contributed by atoms with Crippen LogP contribution in [-0.4, -0.2) is 29.0 Å². The summed E-state index contributed by atoms with van der Waals surface area (Å²) in [5.41, 5.74) is 1.98. The van der Waals surface area contributed by atoms with E-state index in [0.717, 1.165) is 4.90 Å². The number of aryl methyl sites for hydroxylation is 1. The summed E-state index contributed by atoms with van der Waals surface area (Å²) in [7, 11) is -1.65. The number of amides is 2. The van der Waals surface area contributed by atoms with E-state index >= 15 is 0 Å². The van der Waals surface area contributed by atoms with Gasteiger partial charge in [0.15, 0.2) is 0 Å². The zero-order valence-electron chi connectivity index (χ0n) is 11.3. The molecule has 5 nitrogen and oxygen atoms in total. The summed E-state index contributed by atoms with van der Waals surface area (Å²) in [6.45, 7) is 1.72. The van der Waals surface area contributed by atoms with Crippen LogP contribution in [0.25, 0.3) is 0 Å². The van der Waals surface area contributed by atoms with Gasteiger partial charge in [-0.05, 0) is 36.7 Å². The topological polar surface area (TPSA) is 77.8 Å². The van der Waals surface area contributed by atoms with Gasteiger partial charge in [-0.2, -0.15) is 0 Å². The molecule has 0 aromatic heterocycles. The Morgan fingerprint density at radius 1 is 0.952 bits per heavy atom. The lowest BCUT2D eigenvalue weighted by molar-refractivity contribution is 0.0926. The van der Waals surface area contributed by atoms with Gasteiger partial charge in [0.05, 0.1) is 16.8 Å². The second kappa shape index (κ2) is 4.84. The molecule has 1 heterocycles. The fourth-order valence-corrected chi connectivity index (χ4v) is 2.47. The van der Waals surface area contributed by atoms with Gasteiger partial charge in [-0.25, -0.2) is 4.90 Å². The first-order valence-corrected chi connectivity index (χ1v) is 6.45. The van der Waals surface area contributed by atoms with Crippen molar-refractivity contribution in [2.45, 2.75) is 6.92 Å². The molecule has 0 saturated heterocycles. The maximum atomic E-state index is 12.4. The molecule has 2 aromatic rings. The van der Waals surface area contributed by atoms with Crippen molar-refractivity contribution in [3.63, 3.8) is 0 Å². The van der Waals surface area contributed by atoms with Gasteiger partial charge in [0, 0.05) is 0 Å². The molecule has 0 spiro atoms. The number of nitrogens with zero attached hydrogens (tertiary/aromatic N) is 1. The van der Waals surface area contributed by atoms with E-state index in [1.807, 2.05) is 0 Å². The van der Waals surface area contributed by atoms with Crippen LogP contribution in [-0.2, 0) is 0 Å². The Labute approximate surface area is 121 Å². The minimum absolute atomic E-state index is 0.268. The molecule has 0 fully saturated rings. The van der Waals surface area contributed by atoms with Crippen molar-refractivity contribution in [3.8, 4) is 0 Å². The summed E-state index contributed by atoms with van der Waals surface area (Å²) < 4.78 is 0. The van der Waals surface area contributed by atoms with E-state index in [-0.39, 0.29) is 5.46 Å². The average molecular weight is 281 g/mol. The third-order valence-corrected chi connectivity index (χ3v) is 3.59. The largest absolute Gasteiger partial charge is 0.488 e. The molecule has 0 atom stereocenters. The molecule has 0 saturated carbocycles. The second-order valence-electron chi connectivity index (χ2n) is 4.91. The smallest absolute Gasteiger partial charge is 0.423 e. The Hall–Kier alpha value is -2.44. The lowest BCUT2D eigenvalue weighted by Crippen LogP contribution is -2.35. The average Bonchev–Trinajstić information content (AvgIpc) is 2.72. The summed E-state index contributed by atoms with van der Waals surface area (Å²) in [6.07, 6.45) is 0. The number of rotatable bonds is 2. The minimum atomic E-state index is -1.65. The quantitative estimate of drug-likeness (QED) is 0.620. The molecule has 0 bridgehead atoms. The van der Waals surface area contributed by atoms with Crippen molar-refractivity contribution < 1.29 is 19.6 Å². The first-order chi connectivity index (χ1) is 10.0. The highest BCUT2D eigenvalue weighted by atomic mass is 16.4. The highest BCUT2D eigenvalue weighted by Crippen LogP contribution is 2.27. The maximum absolute atomic E-state index is 12.4. The van der Waals surface area contributed by atoms with Crippen LogP contribution >= 0.6 is 0 Å². The predicted molar refractivity (Wildman–Crippen MR) is 78.6 cm³/mol. The molecule has 2 amide bonds. The zero-order valence-corrected chi connectivity index (χ0v) is 11.3. The number of benzene rings is 2. The molecule has 0 radical (unpaired) electrons. The molecule has 21 heavy (non-hydrogen) atoms. The van der Waals surface area contributed by atoms with Crippen molar-refractivity contribution in [3.05, 3.63) is 59.2 Å². The number of fused-ring (bicyclic) bond motifs is 1. The van der Waals surface area contributed by atoms with Crippen molar-refractivity contribution in [1.29, 1.82) is 0 Å². The van der Waals surface area contributed by atoms with Crippen LogP contribution < -0.4 is 10.4 Å². The van der Waals surface area contributed by atoms with E-state index in [1.54, 1.807) is 43.3 Å². The normalized spacial score (nSPS) is 13.6. The fourth-order valence-electron chi connectivity index (χ4n) is 2.47. The van der Waals surface area contributed by atoms with Crippen molar-refractivity contribution in [2.24, 2.45) is 0 Å². The van der Waals surface area contributed by atoms with E-state index in [0.29, 0.717) is 22.4 Å². The van der Waals surface area contributed by atoms with Crippen LogP contribution in [0.3, 0.4) is 0 Å². The van der Waals surface area contributed by atoms with Crippen LogP contribution in [0.4, 0.5) is 5.69 Å². The fraction of sp³-hybridized carbons (Fsp3) is 0.0667. The Morgan fingerprint density at radius 3 is 2.05 bits per heavy atom. The molecule has 0 aliphatic carbocycles. The predicted octanol–water partition coefficient (Wildman–Crippen LogP) is 0.475. The van der Waals surface area contributed by atoms with Crippen LogP contribution in [0.5, 0.6) is 0 Å². The molecule has 2 aromatic carbocycles. The molecule has 6 heteroatoms. The van der Waals surface area contributed by atoms with Crippen LogP contribution in [0.1, 0.15) is 26.3 Å². The molecular weight excluding hydrogens is 269 g/mol. The summed E-state index contributed by atoms with van der Waals surface area (Å²) in [6, 6.07) is 11.3. The number of anilines is 1. The van der Waals surface area contributed by atoms with Gasteiger partial charge in [-0.15, -0.1) is 0 Å². The molecule has 3 rings (SSSR count). The van der Waals surface area contributed by atoms with Gasteiger partial charge in [0.1, 0.15) is 0 Å². The Morgan fingerprint density at radius 2 is 1.52 bits per heavy atom. The Bertz CT molecular complexity index is 722.